The van der Waals surface area contributed by atoms with E-state index in [1.54, 1.807) is 0 Å². The number of carbonyl (C=O) groups excluding carboxylic acids is 2. The highest BCUT2D eigenvalue weighted by Gasteiger charge is 2.19. The number of carbonyl (C=O) groups is 2. The molecule has 2 amide bonds. The first-order chi connectivity index (χ1) is 12.7. The summed E-state index contributed by atoms with van der Waals surface area (Å²) in [6.45, 7) is 7.25. The number of hydrogen-bond donors (Lipinski definition) is 1. The van der Waals surface area contributed by atoms with Crippen LogP contribution in [0, 0.1) is 0 Å². The Balaban J connectivity index is 1.32. The summed E-state index contributed by atoms with van der Waals surface area (Å²) in [4.78, 5) is 28.4. The molecule has 1 aromatic carbocycles. The van der Waals surface area contributed by atoms with Crippen LogP contribution in [0.5, 0.6) is 11.5 Å². The van der Waals surface area contributed by atoms with Gasteiger partial charge < -0.3 is 24.6 Å². The van der Waals surface area contributed by atoms with E-state index >= 15 is 0 Å². The third-order valence-electron chi connectivity index (χ3n) is 4.91. The Labute approximate surface area is 154 Å². The van der Waals surface area contributed by atoms with Crippen molar-refractivity contribution in [1.82, 2.24) is 15.1 Å². The Morgan fingerprint density at radius 1 is 1.08 bits per heavy atom. The van der Waals surface area contributed by atoms with Gasteiger partial charge in [0, 0.05) is 45.6 Å². The first kappa shape index (κ1) is 18.5. The third-order valence-corrected chi connectivity index (χ3v) is 4.91. The molecule has 0 spiro atoms. The van der Waals surface area contributed by atoms with Crippen LogP contribution < -0.4 is 14.8 Å². The Morgan fingerprint density at radius 3 is 2.62 bits per heavy atom. The molecule has 0 unspecified atom stereocenters. The second-order valence-electron chi connectivity index (χ2n) is 6.60. The van der Waals surface area contributed by atoms with Crippen LogP contribution in [0.3, 0.4) is 0 Å². The minimum Gasteiger partial charge on any atom is -0.454 e. The number of nitrogens with one attached hydrogen (secondary N) is 1. The molecule has 1 fully saturated rings. The normalized spacial score (nSPS) is 16.6. The van der Waals surface area contributed by atoms with Gasteiger partial charge in [0.05, 0.1) is 0 Å². The highest BCUT2D eigenvalue weighted by Crippen LogP contribution is 2.32. The molecule has 26 heavy (non-hydrogen) atoms. The molecule has 2 aliphatic rings. The van der Waals surface area contributed by atoms with Gasteiger partial charge in [-0.1, -0.05) is 13.0 Å². The molecule has 1 aromatic rings. The monoisotopic (exact) mass is 361 g/mol. The average molecular weight is 361 g/mol. The van der Waals surface area contributed by atoms with Crippen molar-refractivity contribution in [2.75, 3.05) is 46.1 Å². The van der Waals surface area contributed by atoms with Crippen molar-refractivity contribution < 1.29 is 19.1 Å². The van der Waals surface area contributed by atoms with E-state index in [4.69, 9.17) is 9.47 Å². The number of amides is 2. The number of rotatable bonds is 7. The molecule has 2 aliphatic heterocycles. The van der Waals surface area contributed by atoms with E-state index < -0.39 is 0 Å². The number of fused-ring (bicyclic) bond motifs is 1. The van der Waals surface area contributed by atoms with E-state index in [1.165, 1.54) is 0 Å². The van der Waals surface area contributed by atoms with Crippen LogP contribution in [0.4, 0.5) is 0 Å². The van der Waals surface area contributed by atoms with Gasteiger partial charge in [0.15, 0.2) is 11.5 Å². The zero-order chi connectivity index (χ0) is 18.4. The van der Waals surface area contributed by atoms with E-state index in [0.717, 1.165) is 49.8 Å². The number of ether oxygens (including phenoxy) is 2. The fourth-order valence-electron chi connectivity index (χ4n) is 3.22. The molecule has 0 aliphatic carbocycles. The van der Waals surface area contributed by atoms with Crippen LogP contribution in [-0.4, -0.2) is 67.7 Å². The maximum atomic E-state index is 12.2. The van der Waals surface area contributed by atoms with Gasteiger partial charge in [-0.25, -0.2) is 0 Å². The fraction of sp³-hybridized carbons (Fsp3) is 0.579. The summed E-state index contributed by atoms with van der Waals surface area (Å²) in [5, 5.41) is 2.84. The van der Waals surface area contributed by atoms with Crippen LogP contribution in [0.15, 0.2) is 18.2 Å². The summed E-state index contributed by atoms with van der Waals surface area (Å²) >= 11 is 0. The lowest BCUT2D eigenvalue weighted by Crippen LogP contribution is -2.49. The third kappa shape index (κ3) is 4.88. The van der Waals surface area contributed by atoms with Gasteiger partial charge in [-0.3, -0.25) is 9.59 Å². The van der Waals surface area contributed by atoms with Gasteiger partial charge in [0.25, 0.3) is 0 Å². The topological polar surface area (TPSA) is 71.1 Å². The van der Waals surface area contributed by atoms with Gasteiger partial charge in [0.1, 0.15) is 0 Å². The molecule has 1 saturated heterocycles. The summed E-state index contributed by atoms with van der Waals surface area (Å²) in [5.74, 6) is 1.57. The molecule has 0 atom stereocenters. The van der Waals surface area contributed by atoms with Gasteiger partial charge in [-0.15, -0.1) is 0 Å². The Morgan fingerprint density at radius 2 is 1.85 bits per heavy atom. The largest absolute Gasteiger partial charge is 0.454 e. The number of hydrogen-bond acceptors (Lipinski definition) is 5. The fourth-order valence-corrected chi connectivity index (χ4v) is 3.22. The van der Waals surface area contributed by atoms with Crippen molar-refractivity contribution in [3.63, 3.8) is 0 Å². The summed E-state index contributed by atoms with van der Waals surface area (Å²) in [7, 11) is 0. The van der Waals surface area contributed by atoms with Crippen molar-refractivity contribution in [1.29, 1.82) is 0 Å². The zero-order valence-electron chi connectivity index (χ0n) is 15.3. The zero-order valence-corrected chi connectivity index (χ0v) is 15.3. The molecule has 7 heteroatoms. The Bertz CT molecular complexity index is 642. The number of aryl methyl sites for hydroxylation is 1. The molecule has 0 aromatic heterocycles. The standard InChI is InChI=1S/C19H27N3O4/c1-2-21-9-11-22(12-10-21)19(24)7-8-20-18(23)6-4-15-3-5-16-17(13-15)26-14-25-16/h3,5,13H,2,4,6-12,14H2,1H3,(H,20,23). The van der Waals surface area contributed by atoms with Crippen molar-refractivity contribution in [2.45, 2.75) is 26.2 Å². The lowest BCUT2D eigenvalue weighted by Gasteiger charge is -2.34. The van der Waals surface area contributed by atoms with Crippen molar-refractivity contribution in [2.24, 2.45) is 0 Å². The predicted molar refractivity (Wildman–Crippen MR) is 97.2 cm³/mol. The van der Waals surface area contributed by atoms with Crippen molar-refractivity contribution >= 4 is 11.8 Å². The second-order valence-corrected chi connectivity index (χ2v) is 6.60. The minimum atomic E-state index is -0.0359. The molecule has 7 nitrogen and oxygen atoms in total. The highest BCUT2D eigenvalue weighted by atomic mass is 16.7. The Kier molecular flexibility index (Phi) is 6.33. The first-order valence-electron chi connectivity index (χ1n) is 9.31. The summed E-state index contributed by atoms with van der Waals surface area (Å²) in [5.41, 5.74) is 1.04. The number of nitrogens with zero attached hydrogens (tertiary/aromatic N) is 2. The van der Waals surface area contributed by atoms with Crippen LogP contribution in [-0.2, 0) is 16.0 Å². The van der Waals surface area contributed by atoms with E-state index in [9.17, 15) is 9.59 Å². The van der Waals surface area contributed by atoms with Gasteiger partial charge in [-0.05, 0) is 30.7 Å². The number of likely N-dealkylation sites (N-methyl/N-ethyl adjacent to an activating group) is 1. The van der Waals surface area contributed by atoms with Crippen LogP contribution in [0.2, 0.25) is 0 Å². The molecule has 0 bridgehead atoms. The number of benzene rings is 1. The van der Waals surface area contributed by atoms with E-state index in [2.05, 4.69) is 17.1 Å². The molecule has 3 rings (SSSR count). The Hall–Kier alpha value is -2.28. The van der Waals surface area contributed by atoms with Crippen LogP contribution in [0.25, 0.3) is 0 Å². The van der Waals surface area contributed by atoms with Gasteiger partial charge >= 0.3 is 0 Å². The summed E-state index contributed by atoms with van der Waals surface area (Å²) < 4.78 is 10.6. The summed E-state index contributed by atoms with van der Waals surface area (Å²) in [6, 6.07) is 5.72. The number of piperazine rings is 1. The van der Waals surface area contributed by atoms with Crippen molar-refractivity contribution in [3.05, 3.63) is 23.8 Å². The van der Waals surface area contributed by atoms with Gasteiger partial charge in [0.2, 0.25) is 18.6 Å². The quantitative estimate of drug-likeness (QED) is 0.785. The smallest absolute Gasteiger partial charge is 0.231 e. The molecule has 0 radical (unpaired) electrons. The van der Waals surface area contributed by atoms with Crippen molar-refractivity contribution in [3.8, 4) is 11.5 Å². The highest BCUT2D eigenvalue weighted by molar-refractivity contribution is 5.79. The molecule has 2 heterocycles. The van der Waals surface area contributed by atoms with E-state index in [1.807, 2.05) is 23.1 Å². The predicted octanol–water partition coefficient (Wildman–Crippen LogP) is 1.02. The SMILES string of the molecule is CCN1CCN(C(=O)CCNC(=O)CCc2ccc3c(c2)OCO3)CC1. The average Bonchev–Trinajstić information content (AvgIpc) is 3.14. The molecule has 0 saturated carbocycles. The first-order valence-corrected chi connectivity index (χ1v) is 9.31. The van der Waals surface area contributed by atoms with Gasteiger partial charge in [-0.2, -0.15) is 0 Å². The lowest BCUT2D eigenvalue weighted by molar-refractivity contribution is -0.132. The molecule has 1 N–H and O–H groups in total. The summed E-state index contributed by atoms with van der Waals surface area (Å²) in [6.07, 6.45) is 1.39. The molecular formula is C19H27N3O4. The second kappa shape index (κ2) is 8.89. The van der Waals surface area contributed by atoms with E-state index in [0.29, 0.717) is 25.8 Å². The van der Waals surface area contributed by atoms with E-state index in [-0.39, 0.29) is 18.6 Å². The maximum absolute atomic E-state index is 12.2. The minimum absolute atomic E-state index is 0.0359. The maximum Gasteiger partial charge on any atom is 0.231 e. The van der Waals surface area contributed by atoms with Crippen LogP contribution >= 0.6 is 0 Å². The van der Waals surface area contributed by atoms with Crippen LogP contribution in [0.1, 0.15) is 25.3 Å². The molecule has 142 valence electrons. The molecular weight excluding hydrogens is 334 g/mol. The lowest BCUT2D eigenvalue weighted by atomic mass is 10.1.